The zero-order chi connectivity index (χ0) is 15.0. The zero-order valence-electron chi connectivity index (χ0n) is 11.4. The smallest absolute Gasteiger partial charge is 0.180 e. The molecule has 3 aromatic rings. The largest absolute Gasteiger partial charge is 0.587 e. The van der Waals surface area contributed by atoms with Gasteiger partial charge in [0.2, 0.25) is 0 Å². The molecule has 0 amide bonds. The molecule has 1 atom stereocenters. The van der Waals surface area contributed by atoms with Crippen molar-refractivity contribution >= 4 is 33.9 Å². The minimum absolute atomic E-state index is 0.0786. The molecule has 3 rings (SSSR count). The molecular formula is C16H14ClNO2S. The molecule has 2 aromatic carbocycles. The second-order valence-corrected chi connectivity index (χ2v) is 6.66. The molecule has 1 heterocycles. The van der Waals surface area contributed by atoms with Crippen LogP contribution in [0.5, 0.6) is 0 Å². The molecule has 21 heavy (non-hydrogen) atoms. The first-order chi connectivity index (χ1) is 10.1. The van der Waals surface area contributed by atoms with E-state index in [0.29, 0.717) is 9.92 Å². The van der Waals surface area contributed by atoms with Crippen molar-refractivity contribution in [2.75, 3.05) is 0 Å². The van der Waals surface area contributed by atoms with Crippen molar-refractivity contribution in [2.45, 2.75) is 18.4 Å². The molecule has 0 aliphatic carbocycles. The Morgan fingerprint density at radius 3 is 2.57 bits per heavy atom. The standard InChI is InChI=1S/C16H14ClNO2S/c1-11-2-7-16-15(8-11)12(10-19)9-18(16)21(20)14-5-3-13(17)4-6-14/h2-9,19H,10H2,1H3. The van der Waals surface area contributed by atoms with Crippen LogP contribution < -0.4 is 0 Å². The van der Waals surface area contributed by atoms with Crippen LogP contribution in [-0.2, 0) is 18.0 Å². The van der Waals surface area contributed by atoms with Crippen molar-refractivity contribution in [1.82, 2.24) is 3.97 Å². The highest BCUT2D eigenvalue weighted by atomic mass is 35.5. The van der Waals surface area contributed by atoms with Crippen molar-refractivity contribution < 1.29 is 9.66 Å². The van der Waals surface area contributed by atoms with E-state index in [-0.39, 0.29) is 6.61 Å². The Morgan fingerprint density at radius 2 is 1.90 bits per heavy atom. The number of benzene rings is 2. The Bertz CT molecular complexity index is 783. The van der Waals surface area contributed by atoms with Crippen LogP contribution in [0.25, 0.3) is 10.9 Å². The summed E-state index contributed by atoms with van der Waals surface area (Å²) in [5.74, 6) is 0. The lowest BCUT2D eigenvalue weighted by Gasteiger charge is -2.11. The first-order valence-corrected chi connectivity index (χ1v) is 7.98. The average Bonchev–Trinajstić information content (AvgIpc) is 2.85. The molecule has 108 valence electrons. The number of aryl methyl sites for hydroxylation is 1. The molecular weight excluding hydrogens is 306 g/mol. The number of aliphatic hydroxyl groups is 1. The van der Waals surface area contributed by atoms with E-state index < -0.39 is 11.4 Å². The Morgan fingerprint density at radius 1 is 1.19 bits per heavy atom. The summed E-state index contributed by atoms with van der Waals surface area (Å²) in [6.45, 7) is 1.92. The Hall–Kier alpha value is -1.46. The molecule has 1 N–H and O–H groups in total. The minimum Gasteiger partial charge on any atom is -0.587 e. The summed E-state index contributed by atoms with van der Waals surface area (Å²) in [5.41, 5.74) is 2.72. The van der Waals surface area contributed by atoms with Crippen molar-refractivity contribution in [3.05, 3.63) is 64.8 Å². The second kappa shape index (κ2) is 5.73. The van der Waals surface area contributed by atoms with Gasteiger partial charge in [0.25, 0.3) is 0 Å². The van der Waals surface area contributed by atoms with Gasteiger partial charge in [-0.1, -0.05) is 23.2 Å². The number of hydrogen-bond donors (Lipinski definition) is 1. The fourth-order valence-corrected chi connectivity index (χ4v) is 3.59. The summed E-state index contributed by atoms with van der Waals surface area (Å²) in [4.78, 5) is 0.668. The lowest BCUT2D eigenvalue weighted by Crippen LogP contribution is -2.11. The fraction of sp³-hybridized carbons (Fsp3) is 0.125. The number of rotatable bonds is 3. The highest BCUT2D eigenvalue weighted by Crippen LogP contribution is 2.27. The van der Waals surface area contributed by atoms with Gasteiger partial charge in [0, 0.05) is 16.0 Å². The number of halogens is 1. The zero-order valence-corrected chi connectivity index (χ0v) is 13.0. The van der Waals surface area contributed by atoms with Gasteiger partial charge in [-0.15, -0.1) is 0 Å². The van der Waals surface area contributed by atoms with E-state index >= 15 is 0 Å². The summed E-state index contributed by atoms with van der Waals surface area (Å²) in [7, 11) is 0. The lowest BCUT2D eigenvalue weighted by molar-refractivity contribution is 0.283. The van der Waals surface area contributed by atoms with Gasteiger partial charge in [0.05, 0.1) is 18.3 Å². The van der Waals surface area contributed by atoms with Gasteiger partial charge < -0.3 is 9.66 Å². The van der Waals surface area contributed by atoms with Gasteiger partial charge in [-0.2, -0.15) is 3.97 Å². The lowest BCUT2D eigenvalue weighted by atomic mass is 10.1. The molecule has 0 aliphatic rings. The first-order valence-electron chi connectivity index (χ1n) is 6.49. The van der Waals surface area contributed by atoms with E-state index in [1.54, 1.807) is 34.4 Å². The molecule has 1 aromatic heterocycles. The molecule has 0 spiro atoms. The molecule has 0 bridgehead atoms. The maximum atomic E-state index is 12.7. The van der Waals surface area contributed by atoms with Crippen LogP contribution in [0, 0.1) is 6.92 Å². The number of aliphatic hydroxyl groups excluding tert-OH is 1. The van der Waals surface area contributed by atoms with Gasteiger partial charge in [-0.3, -0.25) is 0 Å². The predicted molar refractivity (Wildman–Crippen MR) is 85.9 cm³/mol. The third-order valence-corrected chi connectivity index (χ3v) is 4.96. The van der Waals surface area contributed by atoms with E-state index in [1.165, 1.54) is 0 Å². The van der Waals surface area contributed by atoms with E-state index in [9.17, 15) is 9.66 Å². The van der Waals surface area contributed by atoms with Gasteiger partial charge in [-0.05, 0) is 43.3 Å². The maximum Gasteiger partial charge on any atom is 0.180 e. The second-order valence-electron chi connectivity index (χ2n) is 4.86. The third kappa shape index (κ3) is 2.68. The molecule has 1 unspecified atom stereocenters. The Balaban J connectivity index is 2.13. The molecule has 0 aliphatic heterocycles. The molecule has 0 fully saturated rings. The number of hydrogen-bond acceptors (Lipinski definition) is 2. The van der Waals surface area contributed by atoms with Crippen LogP contribution in [0.4, 0.5) is 0 Å². The summed E-state index contributed by atoms with van der Waals surface area (Å²) < 4.78 is 14.4. The topological polar surface area (TPSA) is 48.2 Å². The number of nitrogens with zero attached hydrogens (tertiary/aromatic N) is 1. The van der Waals surface area contributed by atoms with E-state index in [0.717, 1.165) is 22.0 Å². The van der Waals surface area contributed by atoms with E-state index in [1.807, 2.05) is 25.1 Å². The van der Waals surface area contributed by atoms with Crippen LogP contribution in [0.2, 0.25) is 5.02 Å². The Labute approximate surface area is 131 Å². The fourth-order valence-electron chi connectivity index (χ4n) is 2.31. The van der Waals surface area contributed by atoms with Gasteiger partial charge in [0.15, 0.2) is 4.90 Å². The summed E-state index contributed by atoms with van der Waals surface area (Å²) >= 11 is 4.49. The first kappa shape index (κ1) is 14.5. The van der Waals surface area contributed by atoms with Gasteiger partial charge in [-0.25, -0.2) is 0 Å². The molecule has 0 saturated carbocycles. The maximum absolute atomic E-state index is 12.7. The van der Waals surface area contributed by atoms with Crippen molar-refractivity contribution in [3.8, 4) is 0 Å². The Kier molecular flexibility index (Phi) is 3.95. The molecule has 0 radical (unpaired) electrons. The molecule has 3 nitrogen and oxygen atoms in total. The SMILES string of the molecule is Cc1ccc2c(c1)c(CO)cn2[S+]([O-])c1ccc(Cl)cc1. The number of aromatic nitrogens is 1. The van der Waals surface area contributed by atoms with Gasteiger partial charge >= 0.3 is 0 Å². The molecule has 0 saturated heterocycles. The van der Waals surface area contributed by atoms with Crippen LogP contribution >= 0.6 is 11.6 Å². The normalized spacial score (nSPS) is 12.8. The van der Waals surface area contributed by atoms with Crippen LogP contribution in [0.3, 0.4) is 0 Å². The predicted octanol–water partition coefficient (Wildman–Crippen LogP) is 3.67. The van der Waals surface area contributed by atoms with Crippen molar-refractivity contribution in [1.29, 1.82) is 0 Å². The average molecular weight is 320 g/mol. The summed E-state index contributed by atoms with van der Waals surface area (Å²) in [6.07, 6.45) is 1.74. The van der Waals surface area contributed by atoms with E-state index in [2.05, 4.69) is 0 Å². The minimum atomic E-state index is -1.37. The molecule has 5 heteroatoms. The number of fused-ring (bicyclic) bond motifs is 1. The highest BCUT2D eigenvalue weighted by Gasteiger charge is 2.19. The van der Waals surface area contributed by atoms with Crippen LogP contribution in [-0.4, -0.2) is 13.6 Å². The van der Waals surface area contributed by atoms with Crippen LogP contribution in [0.1, 0.15) is 11.1 Å². The van der Waals surface area contributed by atoms with Crippen molar-refractivity contribution in [2.24, 2.45) is 0 Å². The van der Waals surface area contributed by atoms with Crippen molar-refractivity contribution in [3.63, 3.8) is 0 Å². The highest BCUT2D eigenvalue weighted by molar-refractivity contribution is 7.90. The monoisotopic (exact) mass is 319 g/mol. The van der Waals surface area contributed by atoms with E-state index in [4.69, 9.17) is 11.6 Å². The summed E-state index contributed by atoms with van der Waals surface area (Å²) in [5, 5.41) is 11.0. The quantitative estimate of drug-likeness (QED) is 0.749. The third-order valence-electron chi connectivity index (χ3n) is 3.37. The summed E-state index contributed by atoms with van der Waals surface area (Å²) in [6, 6.07) is 12.8. The van der Waals surface area contributed by atoms with Crippen LogP contribution in [0.15, 0.2) is 53.6 Å². The van der Waals surface area contributed by atoms with Gasteiger partial charge in [0.1, 0.15) is 11.4 Å².